The average molecular weight is 400 g/mol. The molecule has 1 aliphatic heterocycles. The van der Waals surface area contributed by atoms with E-state index < -0.39 is 47.6 Å². The molecule has 0 aromatic rings. The van der Waals surface area contributed by atoms with Crippen molar-refractivity contribution in [1.82, 2.24) is 21.1 Å². The van der Waals surface area contributed by atoms with Crippen molar-refractivity contribution >= 4 is 23.9 Å². The van der Waals surface area contributed by atoms with Crippen molar-refractivity contribution in [1.29, 1.82) is 0 Å². The quantitative estimate of drug-likeness (QED) is 0.513. The lowest BCUT2D eigenvalue weighted by molar-refractivity contribution is -0.148. The van der Waals surface area contributed by atoms with E-state index in [4.69, 9.17) is 9.84 Å². The third-order valence-electron chi connectivity index (χ3n) is 4.10. The zero-order valence-corrected chi connectivity index (χ0v) is 17.4. The average Bonchev–Trinajstić information content (AvgIpc) is 2.57. The molecule has 10 heteroatoms. The molecule has 28 heavy (non-hydrogen) atoms. The predicted octanol–water partition coefficient (Wildman–Crippen LogP) is 0.621. The molecule has 1 saturated heterocycles. The van der Waals surface area contributed by atoms with Crippen LogP contribution in [0, 0.1) is 5.92 Å². The zero-order valence-electron chi connectivity index (χ0n) is 17.4. The highest BCUT2D eigenvalue weighted by atomic mass is 16.6. The second-order valence-electron chi connectivity index (χ2n) is 8.25. The van der Waals surface area contributed by atoms with Crippen molar-refractivity contribution in [3.8, 4) is 0 Å². The Labute approximate surface area is 165 Å². The van der Waals surface area contributed by atoms with E-state index in [0.717, 1.165) is 0 Å². The molecule has 1 unspecified atom stereocenters. The van der Waals surface area contributed by atoms with Gasteiger partial charge in [-0.25, -0.2) is 10.2 Å². The van der Waals surface area contributed by atoms with Crippen LogP contribution >= 0.6 is 0 Å². The maximum absolute atomic E-state index is 12.6. The van der Waals surface area contributed by atoms with Gasteiger partial charge in [0.2, 0.25) is 5.91 Å². The monoisotopic (exact) mass is 400 g/mol. The van der Waals surface area contributed by atoms with Gasteiger partial charge in [0.05, 0.1) is 0 Å². The Morgan fingerprint density at radius 1 is 1.14 bits per heavy atom. The third-order valence-corrected chi connectivity index (χ3v) is 4.10. The number of carboxylic acid groups (broad SMARTS) is 1. The Bertz CT molecular complexity index is 601. The summed E-state index contributed by atoms with van der Waals surface area (Å²) in [5.41, 5.74) is 1.96. The van der Waals surface area contributed by atoms with Crippen LogP contribution in [0.1, 0.15) is 54.4 Å². The molecule has 0 bridgehead atoms. The fraction of sp³-hybridized carbons (Fsp3) is 0.778. The summed E-state index contributed by atoms with van der Waals surface area (Å²) < 4.78 is 5.18. The SMILES string of the molecule is CC(C)[C@H](NC(=O)OC(C)(C)C)C(=O)N[C@@H](C)C(=O)N1CCCC(C(=O)O)N1. The van der Waals surface area contributed by atoms with Crippen LogP contribution in [0.15, 0.2) is 0 Å². The third kappa shape index (κ3) is 7.34. The molecule has 0 spiro atoms. The van der Waals surface area contributed by atoms with Gasteiger partial charge < -0.3 is 20.5 Å². The van der Waals surface area contributed by atoms with Crippen LogP contribution < -0.4 is 16.1 Å². The maximum Gasteiger partial charge on any atom is 0.408 e. The van der Waals surface area contributed by atoms with E-state index in [9.17, 15) is 19.2 Å². The molecular weight excluding hydrogens is 368 g/mol. The summed E-state index contributed by atoms with van der Waals surface area (Å²) >= 11 is 0. The number of nitrogens with one attached hydrogen (secondary N) is 3. The Morgan fingerprint density at radius 3 is 2.25 bits per heavy atom. The molecule has 0 aromatic carbocycles. The van der Waals surface area contributed by atoms with Crippen molar-refractivity contribution in [2.45, 2.75) is 78.1 Å². The number of carbonyl (C=O) groups is 4. The molecule has 0 radical (unpaired) electrons. The summed E-state index contributed by atoms with van der Waals surface area (Å²) in [5, 5.41) is 15.4. The maximum atomic E-state index is 12.6. The van der Waals surface area contributed by atoms with E-state index in [1.54, 1.807) is 34.6 Å². The lowest BCUT2D eigenvalue weighted by atomic mass is 10.0. The normalized spacial score (nSPS) is 19.5. The number of carbonyl (C=O) groups excluding carboxylic acids is 3. The number of aliphatic carboxylic acids is 1. The molecule has 3 atom stereocenters. The van der Waals surface area contributed by atoms with Gasteiger partial charge >= 0.3 is 12.1 Å². The smallest absolute Gasteiger partial charge is 0.408 e. The predicted molar refractivity (Wildman–Crippen MR) is 101 cm³/mol. The molecule has 0 aromatic heterocycles. The van der Waals surface area contributed by atoms with Gasteiger partial charge in [0, 0.05) is 6.54 Å². The molecule has 3 amide bonds. The molecule has 1 heterocycles. The van der Waals surface area contributed by atoms with Gasteiger partial charge in [-0.15, -0.1) is 0 Å². The highest BCUT2D eigenvalue weighted by Gasteiger charge is 2.33. The number of alkyl carbamates (subject to hydrolysis) is 1. The summed E-state index contributed by atoms with van der Waals surface area (Å²) in [6.45, 7) is 10.5. The minimum absolute atomic E-state index is 0.237. The standard InChI is InChI=1S/C18H32N4O6/c1-10(2)13(20-17(27)28-18(4,5)6)14(23)19-11(3)15(24)22-9-7-8-12(21-22)16(25)26/h10-13,21H,7-9H2,1-6H3,(H,19,23)(H,20,27)(H,25,26)/t11-,12?,13-/m0/s1. The Morgan fingerprint density at radius 2 is 1.75 bits per heavy atom. The van der Waals surface area contributed by atoms with Gasteiger partial charge in [-0.1, -0.05) is 13.8 Å². The van der Waals surface area contributed by atoms with E-state index in [2.05, 4.69) is 16.1 Å². The summed E-state index contributed by atoms with van der Waals surface area (Å²) in [6.07, 6.45) is 0.252. The van der Waals surface area contributed by atoms with Crippen LogP contribution in [0.2, 0.25) is 0 Å². The van der Waals surface area contributed by atoms with Crippen LogP contribution in [-0.4, -0.2) is 64.3 Å². The highest BCUT2D eigenvalue weighted by molar-refractivity contribution is 5.91. The van der Waals surface area contributed by atoms with E-state index in [1.165, 1.54) is 11.9 Å². The fourth-order valence-electron chi connectivity index (χ4n) is 2.69. The molecule has 1 fully saturated rings. The number of amides is 3. The second-order valence-corrected chi connectivity index (χ2v) is 8.25. The van der Waals surface area contributed by atoms with E-state index in [1.807, 2.05) is 0 Å². The van der Waals surface area contributed by atoms with Crippen molar-refractivity contribution in [3.63, 3.8) is 0 Å². The van der Waals surface area contributed by atoms with Gasteiger partial charge in [0.15, 0.2) is 0 Å². The largest absolute Gasteiger partial charge is 0.480 e. The summed E-state index contributed by atoms with van der Waals surface area (Å²) in [5.74, 6) is -2.23. The van der Waals surface area contributed by atoms with Crippen molar-refractivity contribution in [3.05, 3.63) is 0 Å². The van der Waals surface area contributed by atoms with Crippen LogP contribution in [0.3, 0.4) is 0 Å². The minimum atomic E-state index is -1.03. The molecule has 0 aliphatic carbocycles. The molecule has 1 rings (SSSR count). The lowest BCUT2D eigenvalue weighted by Crippen LogP contribution is -2.60. The van der Waals surface area contributed by atoms with Crippen molar-refractivity contribution < 1.29 is 29.0 Å². The van der Waals surface area contributed by atoms with Crippen molar-refractivity contribution in [2.75, 3.05) is 6.54 Å². The lowest BCUT2D eigenvalue weighted by Gasteiger charge is -2.34. The fourth-order valence-corrected chi connectivity index (χ4v) is 2.69. The van der Waals surface area contributed by atoms with Crippen LogP contribution in [0.4, 0.5) is 4.79 Å². The molecule has 1 aliphatic rings. The first-order valence-corrected chi connectivity index (χ1v) is 9.42. The molecule has 4 N–H and O–H groups in total. The number of hydrogen-bond donors (Lipinski definition) is 4. The van der Waals surface area contributed by atoms with Gasteiger partial charge in [0.1, 0.15) is 23.7 Å². The van der Waals surface area contributed by atoms with E-state index in [0.29, 0.717) is 19.4 Å². The van der Waals surface area contributed by atoms with E-state index >= 15 is 0 Å². The number of nitrogens with zero attached hydrogens (tertiary/aromatic N) is 1. The first-order valence-electron chi connectivity index (χ1n) is 9.42. The Balaban J connectivity index is 2.69. The van der Waals surface area contributed by atoms with Gasteiger partial charge in [-0.3, -0.25) is 19.4 Å². The Kier molecular flexibility index (Phi) is 8.22. The minimum Gasteiger partial charge on any atom is -0.480 e. The van der Waals surface area contributed by atoms with E-state index in [-0.39, 0.29) is 5.92 Å². The van der Waals surface area contributed by atoms with Crippen LogP contribution in [0.5, 0.6) is 0 Å². The van der Waals surface area contributed by atoms with Gasteiger partial charge in [-0.05, 0) is 46.5 Å². The highest BCUT2D eigenvalue weighted by Crippen LogP contribution is 2.11. The number of hydrazine groups is 1. The summed E-state index contributed by atoms with van der Waals surface area (Å²) in [4.78, 5) is 48.2. The van der Waals surface area contributed by atoms with Gasteiger partial charge in [0.25, 0.3) is 5.91 Å². The number of rotatable bonds is 6. The van der Waals surface area contributed by atoms with Gasteiger partial charge in [-0.2, -0.15) is 0 Å². The summed E-state index contributed by atoms with van der Waals surface area (Å²) in [6, 6.07) is -2.61. The molecule has 10 nitrogen and oxygen atoms in total. The Hall–Kier alpha value is -2.36. The van der Waals surface area contributed by atoms with Crippen LogP contribution in [-0.2, 0) is 19.1 Å². The molecule has 160 valence electrons. The first-order chi connectivity index (χ1) is 12.8. The molecular formula is C18H32N4O6. The number of carboxylic acids is 1. The zero-order chi connectivity index (χ0) is 21.6. The number of ether oxygens (including phenoxy) is 1. The first kappa shape index (κ1) is 23.7. The second kappa shape index (κ2) is 9.72. The summed E-state index contributed by atoms with van der Waals surface area (Å²) in [7, 11) is 0. The number of hydrogen-bond acceptors (Lipinski definition) is 6. The van der Waals surface area contributed by atoms with Crippen molar-refractivity contribution in [2.24, 2.45) is 5.92 Å². The van der Waals surface area contributed by atoms with Crippen LogP contribution in [0.25, 0.3) is 0 Å². The molecule has 0 saturated carbocycles. The topological polar surface area (TPSA) is 137 Å².